The number of hydrogen-bond donors (Lipinski definition) is 0. The van der Waals surface area contributed by atoms with E-state index in [9.17, 15) is 14.0 Å². The summed E-state index contributed by atoms with van der Waals surface area (Å²) in [6.45, 7) is 0. The monoisotopic (exact) mass is 205 g/mol. The van der Waals surface area contributed by atoms with Crippen molar-refractivity contribution in [2.45, 2.75) is 0 Å². The van der Waals surface area contributed by atoms with Crippen LogP contribution < -0.4 is 0 Å². The Balaban J connectivity index is 2.41. The smallest absolute Gasteiger partial charge is 0.261 e. The van der Waals surface area contributed by atoms with Gasteiger partial charge in [-0.2, -0.15) is 0 Å². The average Bonchev–Trinajstić information content (AvgIpc) is 2.47. The Morgan fingerprint density at radius 3 is 2.20 bits per heavy atom. The molecule has 0 bridgehead atoms. The van der Waals surface area contributed by atoms with Crippen molar-refractivity contribution < 1.29 is 14.0 Å². The Hall–Kier alpha value is -1.97. The molecular formula is C11H8FNO2. The third-order valence-corrected chi connectivity index (χ3v) is 2.29. The molecule has 1 aliphatic rings. The number of benzene rings is 1. The summed E-state index contributed by atoms with van der Waals surface area (Å²) in [5.74, 6) is -1.07. The Bertz CT molecular complexity index is 462. The van der Waals surface area contributed by atoms with E-state index in [1.165, 1.54) is 37.4 Å². The third-order valence-electron chi connectivity index (χ3n) is 2.29. The summed E-state index contributed by atoms with van der Waals surface area (Å²) in [7, 11) is 1.41. The molecule has 1 heterocycles. The van der Waals surface area contributed by atoms with Gasteiger partial charge in [0, 0.05) is 13.1 Å². The van der Waals surface area contributed by atoms with Crippen molar-refractivity contribution in [3.05, 3.63) is 41.7 Å². The zero-order chi connectivity index (χ0) is 11.0. The molecule has 1 aromatic carbocycles. The van der Waals surface area contributed by atoms with Crippen LogP contribution in [0, 0.1) is 5.82 Å². The SMILES string of the molecule is CN1C(=O)C=C(c2ccc(F)cc2)C1=O. The van der Waals surface area contributed by atoms with E-state index in [0.717, 1.165) is 4.90 Å². The largest absolute Gasteiger partial charge is 0.278 e. The van der Waals surface area contributed by atoms with Crippen molar-refractivity contribution in [2.75, 3.05) is 7.05 Å². The number of nitrogens with zero attached hydrogens (tertiary/aromatic N) is 1. The zero-order valence-electron chi connectivity index (χ0n) is 8.03. The molecule has 0 aromatic heterocycles. The summed E-state index contributed by atoms with van der Waals surface area (Å²) >= 11 is 0. The number of imide groups is 1. The van der Waals surface area contributed by atoms with E-state index in [2.05, 4.69) is 0 Å². The lowest BCUT2D eigenvalue weighted by molar-refractivity contribution is -0.134. The Labute approximate surface area is 85.8 Å². The average molecular weight is 205 g/mol. The van der Waals surface area contributed by atoms with Crippen LogP contribution in [0.1, 0.15) is 5.56 Å². The molecule has 0 saturated carbocycles. The zero-order valence-corrected chi connectivity index (χ0v) is 8.03. The first kappa shape index (κ1) is 9.58. The lowest BCUT2D eigenvalue weighted by atomic mass is 10.1. The van der Waals surface area contributed by atoms with Crippen LogP contribution in [0.3, 0.4) is 0 Å². The van der Waals surface area contributed by atoms with Gasteiger partial charge in [0.1, 0.15) is 5.82 Å². The van der Waals surface area contributed by atoms with E-state index < -0.39 is 0 Å². The Kier molecular flexibility index (Phi) is 2.11. The van der Waals surface area contributed by atoms with Gasteiger partial charge in [-0.05, 0) is 17.7 Å². The fraction of sp³-hybridized carbons (Fsp3) is 0.0909. The molecule has 0 fully saturated rings. The van der Waals surface area contributed by atoms with Gasteiger partial charge in [-0.1, -0.05) is 12.1 Å². The van der Waals surface area contributed by atoms with Crippen molar-refractivity contribution in [1.29, 1.82) is 0 Å². The standard InChI is InChI=1S/C11H8FNO2/c1-13-10(14)6-9(11(13)15)7-2-4-8(12)5-3-7/h2-6H,1H3. The molecule has 2 amide bonds. The summed E-state index contributed by atoms with van der Waals surface area (Å²) in [6, 6.07) is 5.47. The van der Waals surface area contributed by atoms with Crippen LogP contribution in [0.4, 0.5) is 4.39 Å². The quantitative estimate of drug-likeness (QED) is 0.646. The Morgan fingerprint density at radius 2 is 1.73 bits per heavy atom. The highest BCUT2D eigenvalue weighted by atomic mass is 19.1. The van der Waals surface area contributed by atoms with E-state index in [1.807, 2.05) is 0 Å². The van der Waals surface area contributed by atoms with Crippen molar-refractivity contribution in [3.8, 4) is 0 Å². The van der Waals surface area contributed by atoms with Crippen LogP contribution in [0.2, 0.25) is 0 Å². The van der Waals surface area contributed by atoms with Gasteiger partial charge >= 0.3 is 0 Å². The normalized spacial score (nSPS) is 15.9. The fourth-order valence-electron chi connectivity index (χ4n) is 1.40. The first-order valence-electron chi connectivity index (χ1n) is 4.39. The predicted molar refractivity (Wildman–Crippen MR) is 52.2 cm³/mol. The molecule has 0 radical (unpaired) electrons. The first-order chi connectivity index (χ1) is 7.09. The van der Waals surface area contributed by atoms with Gasteiger partial charge < -0.3 is 0 Å². The molecular weight excluding hydrogens is 197 g/mol. The second-order valence-corrected chi connectivity index (χ2v) is 3.27. The predicted octanol–water partition coefficient (Wildman–Crippen LogP) is 1.21. The summed E-state index contributed by atoms with van der Waals surface area (Å²) in [5.41, 5.74) is 0.863. The first-order valence-corrected chi connectivity index (χ1v) is 4.39. The summed E-state index contributed by atoms with van der Waals surface area (Å²) in [5, 5.41) is 0. The second kappa shape index (κ2) is 3.31. The highest BCUT2D eigenvalue weighted by Crippen LogP contribution is 2.22. The summed E-state index contributed by atoms with van der Waals surface area (Å²) in [6.07, 6.45) is 1.26. The van der Waals surface area contributed by atoms with Crippen molar-refractivity contribution in [3.63, 3.8) is 0 Å². The van der Waals surface area contributed by atoms with Crippen LogP contribution in [0.25, 0.3) is 5.57 Å². The lowest BCUT2D eigenvalue weighted by Gasteiger charge is -2.06. The maximum Gasteiger partial charge on any atom is 0.261 e. The maximum absolute atomic E-state index is 12.6. The molecule has 0 N–H and O–H groups in total. The molecule has 0 saturated heterocycles. The summed E-state index contributed by atoms with van der Waals surface area (Å²) < 4.78 is 12.6. The second-order valence-electron chi connectivity index (χ2n) is 3.27. The molecule has 0 atom stereocenters. The van der Waals surface area contributed by atoms with Gasteiger partial charge in [0.25, 0.3) is 11.8 Å². The third kappa shape index (κ3) is 1.54. The van der Waals surface area contributed by atoms with Crippen molar-refractivity contribution in [1.82, 2.24) is 4.90 Å². The van der Waals surface area contributed by atoms with E-state index >= 15 is 0 Å². The van der Waals surface area contributed by atoms with Gasteiger partial charge in [0.05, 0.1) is 5.57 Å². The molecule has 15 heavy (non-hydrogen) atoms. The van der Waals surface area contributed by atoms with E-state index in [4.69, 9.17) is 0 Å². The van der Waals surface area contributed by atoms with Crippen molar-refractivity contribution in [2.24, 2.45) is 0 Å². The van der Waals surface area contributed by atoms with Crippen LogP contribution in [-0.4, -0.2) is 23.8 Å². The van der Waals surface area contributed by atoms with Crippen LogP contribution >= 0.6 is 0 Å². The number of likely N-dealkylation sites (N-methyl/N-ethyl adjacent to an activating group) is 1. The number of carbonyl (C=O) groups excluding carboxylic acids is 2. The molecule has 0 aliphatic carbocycles. The topological polar surface area (TPSA) is 37.4 Å². The molecule has 3 nitrogen and oxygen atoms in total. The molecule has 4 heteroatoms. The van der Waals surface area contributed by atoms with Crippen LogP contribution in [-0.2, 0) is 9.59 Å². The number of halogens is 1. The van der Waals surface area contributed by atoms with Crippen LogP contribution in [0.5, 0.6) is 0 Å². The van der Waals surface area contributed by atoms with E-state index in [0.29, 0.717) is 11.1 Å². The molecule has 0 unspecified atom stereocenters. The van der Waals surface area contributed by atoms with Gasteiger partial charge in [0.2, 0.25) is 0 Å². The maximum atomic E-state index is 12.6. The number of hydrogen-bond acceptors (Lipinski definition) is 2. The molecule has 1 aliphatic heterocycles. The molecule has 76 valence electrons. The molecule has 2 rings (SSSR count). The van der Waals surface area contributed by atoms with Gasteiger partial charge in [-0.25, -0.2) is 4.39 Å². The highest BCUT2D eigenvalue weighted by molar-refractivity contribution is 6.33. The minimum Gasteiger partial charge on any atom is -0.278 e. The van der Waals surface area contributed by atoms with Crippen LogP contribution in [0.15, 0.2) is 30.3 Å². The minimum atomic E-state index is -0.371. The van der Waals surface area contributed by atoms with Gasteiger partial charge in [0.15, 0.2) is 0 Å². The number of carbonyl (C=O) groups is 2. The Morgan fingerprint density at radius 1 is 1.13 bits per heavy atom. The molecule has 0 spiro atoms. The summed E-state index contributed by atoms with van der Waals surface area (Å²) in [4.78, 5) is 23.8. The van der Waals surface area contributed by atoms with E-state index in [-0.39, 0.29) is 17.6 Å². The fourth-order valence-corrected chi connectivity index (χ4v) is 1.40. The van der Waals surface area contributed by atoms with Gasteiger partial charge in [-0.15, -0.1) is 0 Å². The van der Waals surface area contributed by atoms with Gasteiger partial charge in [-0.3, -0.25) is 14.5 Å². The minimum absolute atomic E-state index is 0.308. The van der Waals surface area contributed by atoms with Crippen molar-refractivity contribution >= 4 is 17.4 Å². The van der Waals surface area contributed by atoms with E-state index in [1.54, 1.807) is 0 Å². The number of rotatable bonds is 1. The molecule has 1 aromatic rings. The highest BCUT2D eigenvalue weighted by Gasteiger charge is 2.28. The number of amides is 2. The lowest BCUT2D eigenvalue weighted by Crippen LogP contribution is -2.25.